The Kier molecular flexibility index (Phi) is 4.96. The second-order valence-corrected chi connectivity index (χ2v) is 9.59. The summed E-state index contributed by atoms with van der Waals surface area (Å²) in [4.78, 5) is 26.0. The van der Waals surface area contributed by atoms with Crippen LogP contribution in [0, 0.1) is 12.8 Å². The average Bonchev–Trinajstić information content (AvgIpc) is 3.16. The van der Waals surface area contributed by atoms with Crippen molar-refractivity contribution in [3.63, 3.8) is 0 Å². The van der Waals surface area contributed by atoms with E-state index in [0.717, 1.165) is 0 Å². The fourth-order valence-electron chi connectivity index (χ4n) is 3.63. The quantitative estimate of drug-likeness (QED) is 0.745. The molecule has 2 saturated heterocycles. The number of nitrogens with one attached hydrogen (secondary N) is 2. The zero-order valence-electron chi connectivity index (χ0n) is 15.1. The zero-order chi connectivity index (χ0) is 19.1. The molecule has 3 heterocycles. The second kappa shape index (κ2) is 6.90. The molecule has 2 fully saturated rings. The van der Waals surface area contributed by atoms with Gasteiger partial charge in [0.1, 0.15) is 5.76 Å². The van der Waals surface area contributed by atoms with E-state index in [1.807, 2.05) is 13.8 Å². The number of carbonyl (C=O) groups excluding carboxylic acids is 2. The maximum Gasteiger partial charge on any atom is 0.317 e. The number of urea groups is 1. The molecule has 26 heavy (non-hydrogen) atoms. The van der Waals surface area contributed by atoms with E-state index in [0.29, 0.717) is 18.0 Å². The Balaban J connectivity index is 1.65. The lowest BCUT2D eigenvalue weighted by molar-refractivity contribution is -0.121. The maximum atomic E-state index is 12.4. The van der Waals surface area contributed by atoms with E-state index in [2.05, 4.69) is 15.8 Å². The van der Waals surface area contributed by atoms with Gasteiger partial charge < -0.3 is 20.1 Å². The van der Waals surface area contributed by atoms with Crippen LogP contribution in [0.4, 0.5) is 4.79 Å². The Morgan fingerprint density at radius 1 is 1.38 bits per heavy atom. The summed E-state index contributed by atoms with van der Waals surface area (Å²) in [6.07, 6.45) is 0.00627. The number of hydrogen-bond acceptors (Lipinski definition) is 6. The third kappa shape index (κ3) is 3.84. The Morgan fingerprint density at radius 2 is 2.12 bits per heavy atom. The van der Waals surface area contributed by atoms with Crippen LogP contribution in [0.3, 0.4) is 0 Å². The summed E-state index contributed by atoms with van der Waals surface area (Å²) in [6.45, 7) is 5.93. The summed E-state index contributed by atoms with van der Waals surface area (Å²) >= 11 is 0. The number of amides is 3. The molecular weight excluding hydrogens is 360 g/mol. The lowest BCUT2D eigenvalue weighted by atomic mass is 10.0. The van der Waals surface area contributed by atoms with Gasteiger partial charge in [-0.25, -0.2) is 13.2 Å². The summed E-state index contributed by atoms with van der Waals surface area (Å²) in [5.74, 6) is -0.268. The average molecular weight is 384 g/mol. The van der Waals surface area contributed by atoms with Crippen molar-refractivity contribution in [2.45, 2.75) is 44.5 Å². The van der Waals surface area contributed by atoms with Crippen molar-refractivity contribution in [2.75, 3.05) is 18.8 Å². The van der Waals surface area contributed by atoms with Crippen LogP contribution >= 0.6 is 0 Å². The molecule has 0 radical (unpaired) electrons. The predicted octanol–water partition coefficient (Wildman–Crippen LogP) is -0.143. The minimum atomic E-state index is -3.35. The van der Waals surface area contributed by atoms with Crippen molar-refractivity contribution in [3.05, 3.63) is 17.5 Å². The van der Waals surface area contributed by atoms with E-state index >= 15 is 0 Å². The summed E-state index contributed by atoms with van der Waals surface area (Å²) in [7, 11) is -3.35. The van der Waals surface area contributed by atoms with Crippen LogP contribution < -0.4 is 10.6 Å². The molecule has 0 spiro atoms. The highest BCUT2D eigenvalue weighted by Crippen LogP contribution is 2.34. The standard InChI is InChI=1S/C16H24N4O5S/c1-9(2)17-16(22)20-6-12-13(8-26(23,24)14(12)7-20)18-15(21)5-11-4-10(3)19-25-11/h4,9,12-14H,5-8H2,1-3H3,(H,17,22)(H,18,21)/t12-,13+,14-/m0/s1. The fraction of sp³-hybridized carbons (Fsp3) is 0.688. The SMILES string of the molecule is Cc1cc(CC(=O)N[C@@H]2CS(=O)(=O)[C@H]3CN(C(=O)NC(C)C)C[C@@H]23)on1. The van der Waals surface area contributed by atoms with Gasteiger partial charge in [0.05, 0.1) is 23.1 Å². The number of likely N-dealkylation sites (tertiary alicyclic amines) is 1. The highest BCUT2D eigenvalue weighted by molar-refractivity contribution is 7.92. The van der Waals surface area contributed by atoms with Crippen LogP contribution in [-0.4, -0.2) is 66.6 Å². The van der Waals surface area contributed by atoms with Gasteiger partial charge in [-0.3, -0.25) is 4.79 Å². The lowest BCUT2D eigenvalue weighted by Crippen LogP contribution is -2.45. The van der Waals surface area contributed by atoms with E-state index in [1.54, 1.807) is 13.0 Å². The smallest absolute Gasteiger partial charge is 0.317 e. The van der Waals surface area contributed by atoms with Crippen LogP contribution in [0.2, 0.25) is 0 Å². The number of fused-ring (bicyclic) bond motifs is 1. The molecule has 3 atom stereocenters. The van der Waals surface area contributed by atoms with Crippen molar-refractivity contribution < 1.29 is 22.5 Å². The molecule has 2 N–H and O–H groups in total. The van der Waals surface area contributed by atoms with Crippen LogP contribution in [-0.2, 0) is 21.1 Å². The third-order valence-electron chi connectivity index (χ3n) is 4.76. The summed E-state index contributed by atoms with van der Waals surface area (Å²) < 4.78 is 29.9. The van der Waals surface area contributed by atoms with Crippen LogP contribution in [0.1, 0.15) is 25.3 Å². The Hall–Kier alpha value is -2.10. The van der Waals surface area contributed by atoms with Gasteiger partial charge in [0.25, 0.3) is 0 Å². The number of rotatable bonds is 4. The summed E-state index contributed by atoms with van der Waals surface area (Å²) in [6, 6.07) is 0.868. The van der Waals surface area contributed by atoms with E-state index < -0.39 is 21.1 Å². The van der Waals surface area contributed by atoms with E-state index in [4.69, 9.17) is 4.52 Å². The van der Waals surface area contributed by atoms with Crippen molar-refractivity contribution >= 4 is 21.8 Å². The number of nitrogens with zero attached hydrogens (tertiary/aromatic N) is 2. The number of sulfone groups is 1. The van der Waals surface area contributed by atoms with Gasteiger partial charge >= 0.3 is 6.03 Å². The first-order valence-corrected chi connectivity index (χ1v) is 10.4. The topological polar surface area (TPSA) is 122 Å². The van der Waals surface area contributed by atoms with Crippen molar-refractivity contribution in [1.29, 1.82) is 0 Å². The first kappa shape index (κ1) is 18.7. The summed E-state index contributed by atoms with van der Waals surface area (Å²) in [5, 5.41) is 8.68. The molecule has 2 aliphatic rings. The number of aryl methyl sites for hydroxylation is 1. The molecular formula is C16H24N4O5S. The second-order valence-electron chi connectivity index (χ2n) is 7.33. The third-order valence-corrected chi connectivity index (χ3v) is 7.00. The van der Waals surface area contributed by atoms with Crippen LogP contribution in [0.15, 0.2) is 10.6 Å². The molecule has 0 aliphatic carbocycles. The minimum absolute atomic E-state index is 0.00627. The lowest BCUT2D eigenvalue weighted by Gasteiger charge is -2.22. The highest BCUT2D eigenvalue weighted by atomic mass is 32.2. The van der Waals surface area contributed by atoms with Gasteiger partial charge in [-0.2, -0.15) is 0 Å². The van der Waals surface area contributed by atoms with Gasteiger partial charge in [0.15, 0.2) is 9.84 Å². The van der Waals surface area contributed by atoms with E-state index in [9.17, 15) is 18.0 Å². The molecule has 3 amide bonds. The van der Waals surface area contributed by atoms with Crippen LogP contribution in [0.25, 0.3) is 0 Å². The highest BCUT2D eigenvalue weighted by Gasteiger charge is 2.53. The molecule has 144 valence electrons. The molecule has 0 bridgehead atoms. The molecule has 9 nitrogen and oxygen atoms in total. The molecule has 0 unspecified atom stereocenters. The Labute approximate surface area is 152 Å². The number of aromatic nitrogens is 1. The predicted molar refractivity (Wildman–Crippen MR) is 93.2 cm³/mol. The van der Waals surface area contributed by atoms with Gasteiger partial charge in [-0.05, 0) is 20.8 Å². The first-order chi connectivity index (χ1) is 12.2. The van der Waals surface area contributed by atoms with Gasteiger partial charge in [0.2, 0.25) is 5.91 Å². The maximum absolute atomic E-state index is 12.4. The normalized spacial score (nSPS) is 26.8. The minimum Gasteiger partial charge on any atom is -0.361 e. The molecule has 1 aromatic heterocycles. The zero-order valence-corrected chi connectivity index (χ0v) is 15.9. The molecule has 0 saturated carbocycles. The largest absolute Gasteiger partial charge is 0.361 e. The first-order valence-electron chi connectivity index (χ1n) is 8.64. The van der Waals surface area contributed by atoms with Gasteiger partial charge in [0, 0.05) is 37.2 Å². The molecule has 2 aliphatic heterocycles. The van der Waals surface area contributed by atoms with Gasteiger partial charge in [-0.15, -0.1) is 0 Å². The summed E-state index contributed by atoms with van der Waals surface area (Å²) in [5.41, 5.74) is 0.680. The molecule has 1 aromatic rings. The molecule has 0 aromatic carbocycles. The Bertz CT molecular complexity index is 803. The molecule has 10 heteroatoms. The van der Waals surface area contributed by atoms with Gasteiger partial charge in [-0.1, -0.05) is 5.16 Å². The molecule has 3 rings (SSSR count). The van der Waals surface area contributed by atoms with Crippen molar-refractivity contribution in [3.8, 4) is 0 Å². The van der Waals surface area contributed by atoms with Crippen molar-refractivity contribution in [2.24, 2.45) is 5.92 Å². The number of carbonyl (C=O) groups is 2. The fourth-order valence-corrected chi connectivity index (χ4v) is 5.93. The van der Waals surface area contributed by atoms with E-state index in [-0.39, 0.29) is 42.6 Å². The number of hydrogen-bond donors (Lipinski definition) is 2. The van der Waals surface area contributed by atoms with E-state index in [1.165, 1.54) is 4.90 Å². The van der Waals surface area contributed by atoms with Crippen molar-refractivity contribution in [1.82, 2.24) is 20.7 Å². The Morgan fingerprint density at radius 3 is 2.73 bits per heavy atom. The van der Waals surface area contributed by atoms with Crippen LogP contribution in [0.5, 0.6) is 0 Å². The monoisotopic (exact) mass is 384 g/mol.